The van der Waals surface area contributed by atoms with Gasteiger partial charge in [0.05, 0.1) is 29.5 Å². The highest BCUT2D eigenvalue weighted by atomic mass is 16.4. The fraction of sp³-hybridized carbons (Fsp3) is 0.537. The number of rotatable bonds is 16. The second kappa shape index (κ2) is 20.2. The molecule has 0 radical (unpaired) electrons. The molecule has 0 saturated heterocycles. The lowest BCUT2D eigenvalue weighted by Gasteiger charge is -2.46. The summed E-state index contributed by atoms with van der Waals surface area (Å²) in [6.45, 7) is 2.86. The summed E-state index contributed by atoms with van der Waals surface area (Å²) < 4.78 is 0. The molecule has 0 spiro atoms. The van der Waals surface area contributed by atoms with Gasteiger partial charge < -0.3 is 46.7 Å². The number of carboxylic acids is 1. The van der Waals surface area contributed by atoms with E-state index in [0.29, 0.717) is 55.1 Å². The first-order valence-corrected chi connectivity index (χ1v) is 24.3. The summed E-state index contributed by atoms with van der Waals surface area (Å²) in [6.07, 6.45) is 23.2. The fourth-order valence-corrected chi connectivity index (χ4v) is 12.6. The number of aromatic hydroxyl groups is 2. The van der Waals surface area contributed by atoms with Crippen LogP contribution < -0.4 is 11.1 Å². The number of unbranched alkanes of at least 4 members (excludes halogenated alkanes) is 3. The number of aromatic nitrogens is 1. The summed E-state index contributed by atoms with van der Waals surface area (Å²) in [7, 11) is 0. The van der Waals surface area contributed by atoms with Crippen LogP contribution in [0.1, 0.15) is 120 Å². The normalized spacial score (nSPS) is 32.4. The Bertz CT molecular complexity index is 2190. The van der Waals surface area contributed by atoms with Crippen molar-refractivity contribution in [2.45, 2.75) is 127 Å². The molecule has 10 N–H and O–H groups in total. The second-order valence-corrected chi connectivity index (χ2v) is 20.0. The molecular formula is C54H71N3O7. The second-order valence-electron chi connectivity index (χ2n) is 20.0. The molecule has 10 nitrogen and oxygen atoms in total. The Morgan fingerprint density at radius 2 is 1.69 bits per heavy atom. The van der Waals surface area contributed by atoms with E-state index >= 15 is 0 Å². The van der Waals surface area contributed by atoms with Crippen LogP contribution in [-0.2, 0) is 11.2 Å². The lowest BCUT2D eigenvalue weighted by molar-refractivity contribution is -0.153. The zero-order valence-corrected chi connectivity index (χ0v) is 37.5. The molecule has 1 aliphatic heterocycles. The van der Waals surface area contributed by atoms with E-state index < -0.39 is 29.5 Å². The van der Waals surface area contributed by atoms with Crippen molar-refractivity contribution in [3.8, 4) is 22.8 Å². The summed E-state index contributed by atoms with van der Waals surface area (Å²) >= 11 is 0. The summed E-state index contributed by atoms with van der Waals surface area (Å²) in [5.74, 6) is -2.20. The van der Waals surface area contributed by atoms with E-state index in [2.05, 4.69) is 47.6 Å². The van der Waals surface area contributed by atoms with Gasteiger partial charge in [0.25, 0.3) is 0 Å². The van der Waals surface area contributed by atoms with Gasteiger partial charge in [-0.3, -0.25) is 4.79 Å². The van der Waals surface area contributed by atoms with Gasteiger partial charge in [-0.25, -0.2) is 0 Å². The lowest BCUT2D eigenvalue weighted by atomic mass is 9.62. The number of hydrogen-bond acceptors (Lipinski definition) is 8. The predicted molar refractivity (Wildman–Crippen MR) is 251 cm³/mol. The molecule has 2 bridgehead atoms. The molecule has 2 heterocycles. The highest BCUT2D eigenvalue weighted by Crippen LogP contribution is 2.59. The Morgan fingerprint density at radius 1 is 0.891 bits per heavy atom. The maximum atomic E-state index is 13.3. The first-order chi connectivity index (χ1) is 30.9. The average molecular weight is 874 g/mol. The average Bonchev–Trinajstić information content (AvgIpc) is 3.86. The number of aliphatic carboxylic acids is 1. The number of allylic oxidation sites excluding steroid dienone is 3. The topological polar surface area (TPSA) is 192 Å². The number of phenols is 2. The van der Waals surface area contributed by atoms with Crippen molar-refractivity contribution in [3.05, 3.63) is 119 Å². The number of fused-ring (bicyclic) bond motifs is 1. The molecule has 2 saturated carbocycles. The smallest absolute Gasteiger partial charge is 0.309 e. The third kappa shape index (κ3) is 10.0. The fourth-order valence-electron chi connectivity index (χ4n) is 12.6. The molecule has 344 valence electrons. The minimum Gasteiger partial charge on any atom is -0.508 e. The zero-order valence-electron chi connectivity index (χ0n) is 37.5. The van der Waals surface area contributed by atoms with E-state index in [-0.39, 0.29) is 59.5 Å². The van der Waals surface area contributed by atoms with E-state index in [4.69, 9.17) is 5.73 Å². The molecule has 2 fully saturated rings. The van der Waals surface area contributed by atoms with Gasteiger partial charge in [-0.15, -0.1) is 0 Å². The first kappa shape index (κ1) is 45.8. The molecule has 64 heavy (non-hydrogen) atoms. The number of carboxylic acid groups (broad SMARTS) is 1. The maximum absolute atomic E-state index is 13.3. The summed E-state index contributed by atoms with van der Waals surface area (Å²) in [4.78, 5) is 17.0. The minimum atomic E-state index is -1.20. The zero-order chi connectivity index (χ0) is 45.0. The number of dihydropyridines is 1. The largest absolute Gasteiger partial charge is 0.508 e. The Hall–Kier alpha value is -4.77. The van der Waals surface area contributed by atoms with Crippen LogP contribution in [0.3, 0.4) is 0 Å². The molecule has 12 atom stereocenters. The number of aliphatic hydroxyl groups is 3. The van der Waals surface area contributed by atoms with Crippen molar-refractivity contribution in [1.82, 2.24) is 10.3 Å². The van der Waals surface area contributed by atoms with Gasteiger partial charge in [0.2, 0.25) is 0 Å². The molecule has 12 unspecified atom stereocenters. The van der Waals surface area contributed by atoms with E-state index in [1.165, 1.54) is 25.3 Å². The third-order valence-corrected chi connectivity index (χ3v) is 15.9. The van der Waals surface area contributed by atoms with Gasteiger partial charge in [0, 0.05) is 65.2 Å². The minimum absolute atomic E-state index is 0.00755. The lowest BCUT2D eigenvalue weighted by Crippen LogP contribution is -2.50. The molecule has 0 amide bonds. The molecule has 2 aromatic carbocycles. The van der Waals surface area contributed by atoms with Crippen molar-refractivity contribution in [1.29, 1.82) is 0 Å². The van der Waals surface area contributed by atoms with Crippen molar-refractivity contribution in [2.75, 3.05) is 6.54 Å². The highest BCUT2D eigenvalue weighted by Gasteiger charge is 2.59. The van der Waals surface area contributed by atoms with E-state index in [1.807, 2.05) is 48.6 Å². The Balaban J connectivity index is 1.10. The summed E-state index contributed by atoms with van der Waals surface area (Å²) in [5, 5.41) is 72.5. The van der Waals surface area contributed by atoms with Gasteiger partial charge in [-0.05, 0) is 117 Å². The number of benzene rings is 2. The molecular weight excluding hydrogens is 803 g/mol. The molecule has 10 heteroatoms. The van der Waals surface area contributed by atoms with Crippen LogP contribution in [0.25, 0.3) is 11.3 Å². The number of nitrogens with two attached hydrogens (primary N) is 1. The van der Waals surface area contributed by atoms with E-state index in [9.17, 15) is 35.4 Å². The maximum Gasteiger partial charge on any atom is 0.309 e. The quantitative estimate of drug-likeness (QED) is 0.0499. The van der Waals surface area contributed by atoms with Crippen LogP contribution in [0.5, 0.6) is 11.5 Å². The number of hydrogen-bond donors (Lipinski definition) is 9. The summed E-state index contributed by atoms with van der Waals surface area (Å²) in [5.41, 5.74) is 10.2. The SMILES string of the molecule is CCCCCC1C=CC(CCCCC2CCC(c3ccc(-c4cc(O)cc(O)c4Cc4ccccc4)[nH]3)C3CC(CC4=CCNC(N)=C4)C4C=CC(CC43O)C(O)C2C(=O)O)C(O)C1. The standard InChI is InChI=1S/C54H71N3O7/c1-2-3-5-10-34-15-16-36(48(59)27-34)13-8-9-14-37-17-19-41(46-21-22-47(57-46)42-30-40(58)31-49(60)43(42)26-33-11-6-4-7-12-33)45-29-39(25-35-23-24-56-50(55)28-35)44-20-18-38(32-54(44,45)64)52(61)51(37)53(62)63/h4,6-7,11-12,15-16,18,20-23,28,30-31,34,36-39,41,44-45,48,51-52,56-61,64H,2-3,5,8-10,13-14,17,19,24-27,29,32,55H2,1H3,(H,62,63). The van der Waals surface area contributed by atoms with Crippen LogP contribution in [0, 0.1) is 47.3 Å². The highest BCUT2D eigenvalue weighted by molar-refractivity contribution is 5.72. The van der Waals surface area contributed by atoms with Gasteiger partial charge in [0.15, 0.2) is 0 Å². The van der Waals surface area contributed by atoms with Crippen molar-refractivity contribution in [2.24, 2.45) is 53.1 Å². The number of nitrogens with one attached hydrogen (secondary N) is 2. The van der Waals surface area contributed by atoms with Crippen LogP contribution in [-0.4, -0.2) is 65.9 Å². The molecule has 1 aromatic heterocycles. The Morgan fingerprint density at radius 3 is 2.45 bits per heavy atom. The summed E-state index contributed by atoms with van der Waals surface area (Å²) in [6, 6.07) is 17.0. The third-order valence-electron chi connectivity index (χ3n) is 15.9. The van der Waals surface area contributed by atoms with Crippen molar-refractivity contribution < 1.29 is 35.4 Å². The van der Waals surface area contributed by atoms with Crippen LogP contribution >= 0.6 is 0 Å². The predicted octanol–water partition coefficient (Wildman–Crippen LogP) is 9.21. The van der Waals surface area contributed by atoms with Crippen LogP contribution in [0.4, 0.5) is 0 Å². The molecule has 3 aromatic rings. The number of H-pyrrole nitrogens is 1. The Kier molecular flexibility index (Phi) is 14.4. The first-order valence-electron chi connectivity index (χ1n) is 24.3. The number of carbonyl (C=O) groups is 1. The van der Waals surface area contributed by atoms with Crippen molar-refractivity contribution in [3.63, 3.8) is 0 Å². The molecule has 8 rings (SSSR count). The van der Waals surface area contributed by atoms with Crippen LogP contribution in [0.15, 0.2) is 102 Å². The van der Waals surface area contributed by atoms with Crippen molar-refractivity contribution >= 4 is 5.97 Å². The van der Waals surface area contributed by atoms with Gasteiger partial charge in [-0.2, -0.15) is 0 Å². The number of aromatic amines is 1. The van der Waals surface area contributed by atoms with Crippen LogP contribution in [0.2, 0.25) is 0 Å². The Labute approximate surface area is 379 Å². The van der Waals surface area contributed by atoms with Gasteiger partial charge in [0.1, 0.15) is 11.5 Å². The van der Waals surface area contributed by atoms with Gasteiger partial charge in [-0.1, -0.05) is 99.7 Å². The van der Waals surface area contributed by atoms with Gasteiger partial charge >= 0.3 is 5.97 Å². The monoisotopic (exact) mass is 874 g/mol. The van der Waals surface area contributed by atoms with E-state index in [0.717, 1.165) is 67.5 Å². The number of aliphatic hydroxyl groups excluding tert-OH is 2. The molecule has 5 aliphatic rings. The molecule has 4 aliphatic carbocycles. The number of phenolic OH excluding ortho intramolecular Hbond substituents is 2. The van der Waals surface area contributed by atoms with E-state index in [1.54, 1.807) is 6.07 Å².